The summed E-state index contributed by atoms with van der Waals surface area (Å²) in [6, 6.07) is 19.4. The van der Waals surface area contributed by atoms with Crippen molar-refractivity contribution in [2.75, 3.05) is 30.1 Å². The van der Waals surface area contributed by atoms with E-state index in [0.717, 1.165) is 15.4 Å². The number of hydrogen-bond acceptors (Lipinski definition) is 5. The molecule has 1 amide bonds. The maximum atomic E-state index is 13.2. The van der Waals surface area contributed by atoms with Gasteiger partial charge in [-0.25, -0.2) is 8.42 Å². The molecule has 0 aliphatic rings. The third kappa shape index (κ3) is 5.71. The minimum atomic E-state index is -3.74. The lowest BCUT2D eigenvalue weighted by atomic mass is 10.1. The largest absolute Gasteiger partial charge is 0.493 e. The molecule has 168 valence electrons. The highest BCUT2D eigenvalue weighted by molar-refractivity contribution is 14.1. The van der Waals surface area contributed by atoms with Crippen LogP contribution in [0.25, 0.3) is 0 Å². The summed E-state index contributed by atoms with van der Waals surface area (Å²) in [6.45, 7) is 0.0545. The van der Waals surface area contributed by atoms with Gasteiger partial charge in [-0.3, -0.25) is 9.10 Å². The summed E-state index contributed by atoms with van der Waals surface area (Å²) in [5.74, 6) is 0.163. The predicted molar refractivity (Wildman–Crippen MR) is 134 cm³/mol. The highest BCUT2D eigenvalue weighted by Gasteiger charge is 2.26. The number of hydrogen-bond donors (Lipinski definition) is 1. The highest BCUT2D eigenvalue weighted by atomic mass is 127. The number of anilines is 2. The van der Waals surface area contributed by atoms with Crippen LogP contribution in [0.15, 0.2) is 66.7 Å². The number of benzene rings is 3. The molecule has 3 aromatic carbocycles. The number of sulfonamides is 1. The van der Waals surface area contributed by atoms with Crippen molar-refractivity contribution in [3.05, 3.63) is 81.4 Å². The Balaban J connectivity index is 2.12. The smallest absolute Gasteiger partial charge is 0.257 e. The Morgan fingerprint density at radius 3 is 2.12 bits per heavy atom. The number of amides is 1. The second-order valence-electron chi connectivity index (χ2n) is 6.94. The van der Waals surface area contributed by atoms with Gasteiger partial charge in [-0.1, -0.05) is 30.3 Å². The molecular formula is C23H23IN2O5S. The van der Waals surface area contributed by atoms with Gasteiger partial charge in [0.05, 0.1) is 38.3 Å². The Labute approximate surface area is 201 Å². The Morgan fingerprint density at radius 2 is 1.56 bits per heavy atom. The lowest BCUT2D eigenvalue weighted by Crippen LogP contribution is -2.31. The van der Waals surface area contributed by atoms with Crippen molar-refractivity contribution in [1.29, 1.82) is 0 Å². The first kappa shape index (κ1) is 23.9. The molecule has 0 aliphatic carbocycles. The van der Waals surface area contributed by atoms with E-state index in [1.807, 2.05) is 42.5 Å². The second kappa shape index (κ2) is 10.2. The zero-order valence-corrected chi connectivity index (χ0v) is 20.8. The second-order valence-corrected chi connectivity index (χ2v) is 10.1. The predicted octanol–water partition coefficient (Wildman–Crippen LogP) is 4.53. The molecular weight excluding hydrogens is 543 g/mol. The van der Waals surface area contributed by atoms with Gasteiger partial charge in [-0.05, 0) is 58.5 Å². The van der Waals surface area contributed by atoms with Crippen molar-refractivity contribution in [3.8, 4) is 11.5 Å². The van der Waals surface area contributed by atoms with Crippen LogP contribution < -0.4 is 19.1 Å². The Hall–Kier alpha value is -2.79. The molecule has 0 saturated carbocycles. The van der Waals surface area contributed by atoms with E-state index in [0.29, 0.717) is 17.2 Å². The molecule has 9 heteroatoms. The van der Waals surface area contributed by atoms with Gasteiger partial charge in [-0.2, -0.15) is 0 Å². The zero-order chi connectivity index (χ0) is 23.3. The van der Waals surface area contributed by atoms with Gasteiger partial charge in [0.15, 0.2) is 11.5 Å². The number of ether oxygens (including phenoxy) is 2. The van der Waals surface area contributed by atoms with E-state index < -0.39 is 15.9 Å². The van der Waals surface area contributed by atoms with Crippen molar-refractivity contribution in [1.82, 2.24) is 0 Å². The summed E-state index contributed by atoms with van der Waals surface area (Å²) >= 11 is 2.18. The molecule has 32 heavy (non-hydrogen) atoms. The van der Waals surface area contributed by atoms with Crippen molar-refractivity contribution in [2.24, 2.45) is 0 Å². The summed E-state index contributed by atoms with van der Waals surface area (Å²) in [6.07, 6.45) is 1.10. The highest BCUT2D eigenvalue weighted by Crippen LogP contribution is 2.37. The van der Waals surface area contributed by atoms with Gasteiger partial charge < -0.3 is 14.8 Å². The third-order valence-corrected chi connectivity index (χ3v) is 6.53. The molecule has 3 aromatic rings. The fraction of sp³-hybridized carbons (Fsp3) is 0.174. The number of nitrogens with zero attached hydrogens (tertiary/aromatic N) is 1. The van der Waals surface area contributed by atoms with Crippen LogP contribution in [0, 0.1) is 3.57 Å². The molecule has 3 rings (SSSR count). The maximum absolute atomic E-state index is 13.2. The van der Waals surface area contributed by atoms with Crippen LogP contribution in [0.5, 0.6) is 11.5 Å². The maximum Gasteiger partial charge on any atom is 0.257 e. The molecule has 7 nitrogen and oxygen atoms in total. The molecule has 1 N–H and O–H groups in total. The van der Waals surface area contributed by atoms with Crippen molar-refractivity contribution >= 4 is 49.9 Å². The van der Waals surface area contributed by atoms with Gasteiger partial charge in [0.2, 0.25) is 10.0 Å². The molecule has 0 atom stereocenters. The van der Waals surface area contributed by atoms with Crippen molar-refractivity contribution in [2.45, 2.75) is 6.54 Å². The van der Waals surface area contributed by atoms with E-state index in [-0.39, 0.29) is 17.8 Å². The van der Waals surface area contributed by atoms with E-state index in [2.05, 4.69) is 27.9 Å². The minimum absolute atomic E-state index is 0.0545. The third-order valence-electron chi connectivity index (χ3n) is 4.69. The quantitative estimate of drug-likeness (QED) is 0.406. The molecule has 0 bridgehead atoms. The first-order valence-electron chi connectivity index (χ1n) is 9.57. The molecule has 0 spiro atoms. The first-order chi connectivity index (χ1) is 15.2. The topological polar surface area (TPSA) is 84.9 Å². The summed E-state index contributed by atoms with van der Waals surface area (Å²) < 4.78 is 38.5. The minimum Gasteiger partial charge on any atom is -0.493 e. The SMILES string of the molecule is COc1cc(C(=O)Nc2ccc(I)cc2)c(N(Cc2ccccc2)S(C)(=O)=O)cc1OC. The molecule has 0 aliphatic heterocycles. The van der Waals surface area contributed by atoms with Gasteiger partial charge in [-0.15, -0.1) is 0 Å². The van der Waals surface area contributed by atoms with Gasteiger partial charge in [0.1, 0.15) is 0 Å². The number of nitrogens with one attached hydrogen (secondary N) is 1. The molecule has 0 heterocycles. The van der Waals surface area contributed by atoms with E-state index in [9.17, 15) is 13.2 Å². The van der Waals surface area contributed by atoms with Crippen molar-refractivity contribution in [3.63, 3.8) is 0 Å². The Morgan fingerprint density at radius 1 is 0.969 bits per heavy atom. The van der Waals surface area contributed by atoms with Gasteiger partial charge in [0.25, 0.3) is 5.91 Å². The number of carbonyl (C=O) groups excluding carboxylic acids is 1. The Kier molecular flexibility index (Phi) is 7.62. The van der Waals surface area contributed by atoms with E-state index in [1.165, 1.54) is 30.7 Å². The first-order valence-corrected chi connectivity index (χ1v) is 12.5. The summed E-state index contributed by atoms with van der Waals surface area (Å²) in [4.78, 5) is 13.2. The molecule has 0 unspecified atom stereocenters. The average Bonchev–Trinajstić information content (AvgIpc) is 2.78. The number of carbonyl (C=O) groups is 1. The normalized spacial score (nSPS) is 11.0. The number of methoxy groups -OCH3 is 2. The molecule has 0 radical (unpaired) electrons. The Bertz CT molecular complexity index is 1200. The van der Waals surface area contributed by atoms with E-state index in [4.69, 9.17) is 9.47 Å². The van der Waals surface area contributed by atoms with Gasteiger partial charge >= 0.3 is 0 Å². The monoisotopic (exact) mass is 566 g/mol. The lowest BCUT2D eigenvalue weighted by molar-refractivity contribution is 0.102. The standard InChI is InChI=1S/C23H23IN2O5S/c1-30-21-13-19(23(27)25-18-11-9-17(24)10-12-18)20(14-22(21)31-2)26(32(3,28)29)15-16-7-5-4-6-8-16/h4-14H,15H2,1-3H3,(H,25,27). The summed E-state index contributed by atoms with van der Waals surface area (Å²) in [7, 11) is -0.831. The van der Waals surface area contributed by atoms with Crippen molar-refractivity contribution < 1.29 is 22.7 Å². The fourth-order valence-corrected chi connectivity index (χ4v) is 4.37. The van der Waals surface area contributed by atoms with Crippen LogP contribution in [0.3, 0.4) is 0 Å². The molecule has 0 saturated heterocycles. The fourth-order valence-electron chi connectivity index (χ4n) is 3.12. The van der Waals surface area contributed by atoms with Crippen LogP contribution in [-0.2, 0) is 16.6 Å². The van der Waals surface area contributed by atoms with Crippen LogP contribution in [-0.4, -0.2) is 34.8 Å². The zero-order valence-electron chi connectivity index (χ0n) is 17.8. The summed E-state index contributed by atoms with van der Waals surface area (Å²) in [5, 5.41) is 2.82. The van der Waals surface area contributed by atoms with Crippen LogP contribution >= 0.6 is 22.6 Å². The van der Waals surface area contributed by atoms with Gasteiger partial charge in [0, 0.05) is 15.3 Å². The van der Waals surface area contributed by atoms with E-state index >= 15 is 0 Å². The summed E-state index contributed by atoms with van der Waals surface area (Å²) in [5.41, 5.74) is 1.70. The average molecular weight is 566 g/mol. The number of halogens is 1. The van der Waals surface area contributed by atoms with Crippen LogP contribution in [0.4, 0.5) is 11.4 Å². The lowest BCUT2D eigenvalue weighted by Gasteiger charge is -2.26. The van der Waals surface area contributed by atoms with Crippen LogP contribution in [0.1, 0.15) is 15.9 Å². The number of rotatable bonds is 8. The molecule has 0 aromatic heterocycles. The van der Waals surface area contributed by atoms with Crippen LogP contribution in [0.2, 0.25) is 0 Å². The molecule has 0 fully saturated rings. The van der Waals surface area contributed by atoms with E-state index in [1.54, 1.807) is 12.1 Å².